The fraction of sp³-hybridized carbons (Fsp3) is 0.522. The summed E-state index contributed by atoms with van der Waals surface area (Å²) in [7, 11) is 1.80. The zero-order valence-electron chi connectivity index (χ0n) is 17.6. The second-order valence-electron chi connectivity index (χ2n) is 8.50. The van der Waals surface area contributed by atoms with E-state index in [4.69, 9.17) is 0 Å². The Hall–Kier alpha value is -2.63. The van der Waals surface area contributed by atoms with Crippen LogP contribution in [0.1, 0.15) is 45.1 Å². The molecule has 1 aliphatic carbocycles. The number of anilines is 1. The van der Waals surface area contributed by atoms with Crippen LogP contribution in [0.25, 0.3) is 0 Å². The van der Waals surface area contributed by atoms with Gasteiger partial charge in [-0.2, -0.15) is 5.10 Å². The molecule has 0 spiro atoms. The molecule has 1 heterocycles. The van der Waals surface area contributed by atoms with Gasteiger partial charge < -0.3 is 10.6 Å². The Morgan fingerprint density at radius 2 is 1.83 bits per heavy atom. The van der Waals surface area contributed by atoms with E-state index in [9.17, 15) is 9.59 Å². The Kier molecular flexibility index (Phi) is 7.07. The Morgan fingerprint density at radius 3 is 2.41 bits per heavy atom. The fourth-order valence-corrected chi connectivity index (χ4v) is 4.11. The summed E-state index contributed by atoms with van der Waals surface area (Å²) in [6.07, 6.45) is 7.77. The van der Waals surface area contributed by atoms with E-state index in [1.54, 1.807) is 24.1 Å². The van der Waals surface area contributed by atoms with E-state index in [-0.39, 0.29) is 17.7 Å². The Morgan fingerprint density at radius 1 is 1.14 bits per heavy atom. The summed E-state index contributed by atoms with van der Waals surface area (Å²) in [6.45, 7) is 4.51. The van der Waals surface area contributed by atoms with Gasteiger partial charge in [-0.1, -0.05) is 44.2 Å². The molecule has 2 N–H and O–H groups in total. The van der Waals surface area contributed by atoms with Crippen molar-refractivity contribution in [2.24, 2.45) is 24.8 Å². The highest BCUT2D eigenvalue weighted by Gasteiger charge is 2.30. The molecule has 0 bridgehead atoms. The summed E-state index contributed by atoms with van der Waals surface area (Å²) in [5.41, 5.74) is 1.64. The first-order valence-electron chi connectivity index (χ1n) is 10.6. The van der Waals surface area contributed by atoms with Crippen LogP contribution in [0.2, 0.25) is 0 Å². The van der Waals surface area contributed by atoms with Gasteiger partial charge >= 0.3 is 0 Å². The zero-order valence-corrected chi connectivity index (χ0v) is 17.6. The summed E-state index contributed by atoms with van der Waals surface area (Å²) in [4.78, 5) is 25.9. The van der Waals surface area contributed by atoms with Gasteiger partial charge in [-0.05, 0) is 43.1 Å². The molecule has 1 aliphatic rings. The standard InChI is InChI=1S/C23H32N4O2/c1-16(2)18-9-11-19(12-10-18)22(28)26-21(13-17-7-5-4-6-8-17)23(29)25-20-14-24-27(3)15-20/h4-8,14-16,18-19,21H,9-13H2,1-3H3,(H,25,29)(H,26,28). The molecule has 3 rings (SSSR count). The van der Waals surface area contributed by atoms with E-state index in [0.29, 0.717) is 23.9 Å². The van der Waals surface area contributed by atoms with Crippen molar-refractivity contribution in [2.75, 3.05) is 5.32 Å². The van der Waals surface area contributed by atoms with Gasteiger partial charge in [0.1, 0.15) is 6.04 Å². The van der Waals surface area contributed by atoms with Crippen molar-refractivity contribution in [3.05, 3.63) is 48.3 Å². The number of carbonyl (C=O) groups excluding carboxylic acids is 2. The summed E-state index contributed by atoms with van der Waals surface area (Å²) >= 11 is 0. The lowest BCUT2D eigenvalue weighted by atomic mass is 9.76. The molecule has 1 aromatic carbocycles. The van der Waals surface area contributed by atoms with Crippen LogP contribution in [0.4, 0.5) is 5.69 Å². The van der Waals surface area contributed by atoms with Crippen LogP contribution in [0.15, 0.2) is 42.7 Å². The van der Waals surface area contributed by atoms with Gasteiger partial charge in [-0.3, -0.25) is 14.3 Å². The smallest absolute Gasteiger partial charge is 0.247 e. The van der Waals surface area contributed by atoms with E-state index in [1.165, 1.54) is 0 Å². The quantitative estimate of drug-likeness (QED) is 0.751. The van der Waals surface area contributed by atoms with Gasteiger partial charge in [0.25, 0.3) is 0 Å². The van der Waals surface area contributed by atoms with Crippen molar-refractivity contribution in [1.29, 1.82) is 0 Å². The van der Waals surface area contributed by atoms with Crippen molar-refractivity contribution in [3.63, 3.8) is 0 Å². The van der Waals surface area contributed by atoms with Gasteiger partial charge in [-0.25, -0.2) is 0 Å². The summed E-state index contributed by atoms with van der Waals surface area (Å²) in [5.74, 6) is 1.14. The van der Waals surface area contributed by atoms with Gasteiger partial charge in [0.2, 0.25) is 11.8 Å². The molecular weight excluding hydrogens is 364 g/mol. The minimum absolute atomic E-state index is 0.00512. The van der Waals surface area contributed by atoms with Gasteiger partial charge in [0.05, 0.1) is 11.9 Å². The predicted molar refractivity (Wildman–Crippen MR) is 114 cm³/mol. The van der Waals surface area contributed by atoms with Crippen LogP contribution >= 0.6 is 0 Å². The number of rotatable bonds is 7. The maximum atomic E-state index is 12.9. The Bertz CT molecular complexity index is 807. The number of hydrogen-bond donors (Lipinski definition) is 2. The van der Waals surface area contributed by atoms with Crippen LogP contribution in [0, 0.1) is 17.8 Å². The first kappa shape index (κ1) is 21.1. The second kappa shape index (κ2) is 9.72. The molecule has 1 fully saturated rings. The van der Waals surface area contributed by atoms with Crippen molar-refractivity contribution >= 4 is 17.5 Å². The average Bonchev–Trinajstić information content (AvgIpc) is 3.12. The molecule has 6 heteroatoms. The summed E-state index contributed by atoms with van der Waals surface area (Å²) in [6, 6.07) is 9.17. The van der Waals surface area contributed by atoms with Crippen LogP contribution in [-0.4, -0.2) is 27.6 Å². The number of aryl methyl sites for hydroxylation is 1. The van der Waals surface area contributed by atoms with Crippen molar-refractivity contribution in [2.45, 2.75) is 52.0 Å². The Balaban J connectivity index is 1.65. The lowest BCUT2D eigenvalue weighted by molar-refractivity contribution is -0.130. The monoisotopic (exact) mass is 396 g/mol. The molecule has 0 aliphatic heterocycles. The highest BCUT2D eigenvalue weighted by molar-refractivity contribution is 5.97. The SMILES string of the molecule is CC(C)C1CCC(C(=O)NC(Cc2ccccc2)C(=O)Nc2cnn(C)c2)CC1. The lowest BCUT2D eigenvalue weighted by Crippen LogP contribution is -2.47. The van der Waals surface area contributed by atoms with Crippen molar-refractivity contribution in [3.8, 4) is 0 Å². The van der Waals surface area contributed by atoms with Crippen LogP contribution < -0.4 is 10.6 Å². The largest absolute Gasteiger partial charge is 0.344 e. The minimum atomic E-state index is -0.618. The highest BCUT2D eigenvalue weighted by Crippen LogP contribution is 2.33. The zero-order chi connectivity index (χ0) is 20.8. The molecule has 2 amide bonds. The molecular formula is C23H32N4O2. The first-order chi connectivity index (χ1) is 13.9. The van der Waals surface area contributed by atoms with Crippen molar-refractivity contribution in [1.82, 2.24) is 15.1 Å². The number of nitrogens with zero attached hydrogens (tertiary/aromatic N) is 2. The minimum Gasteiger partial charge on any atom is -0.344 e. The maximum absolute atomic E-state index is 12.9. The van der Waals surface area contributed by atoms with Gasteiger partial charge in [0, 0.05) is 25.6 Å². The van der Waals surface area contributed by atoms with E-state index in [2.05, 4.69) is 29.6 Å². The highest BCUT2D eigenvalue weighted by atomic mass is 16.2. The van der Waals surface area contributed by atoms with Crippen LogP contribution in [0.3, 0.4) is 0 Å². The molecule has 156 valence electrons. The number of nitrogens with one attached hydrogen (secondary N) is 2. The summed E-state index contributed by atoms with van der Waals surface area (Å²) in [5, 5.41) is 9.99. The normalized spacial score (nSPS) is 20.3. The predicted octanol–water partition coefficient (Wildman–Crippen LogP) is 3.55. The molecule has 0 radical (unpaired) electrons. The number of hydrogen-bond acceptors (Lipinski definition) is 3. The molecule has 1 atom stereocenters. The second-order valence-corrected chi connectivity index (χ2v) is 8.50. The van der Waals surface area contributed by atoms with E-state index in [1.807, 2.05) is 30.3 Å². The molecule has 29 heavy (non-hydrogen) atoms. The molecule has 1 saturated carbocycles. The third-order valence-electron chi connectivity index (χ3n) is 5.97. The van der Waals surface area contributed by atoms with Crippen LogP contribution in [0.5, 0.6) is 0 Å². The Labute approximate surface area is 173 Å². The number of carbonyl (C=O) groups is 2. The topological polar surface area (TPSA) is 76.0 Å². The lowest BCUT2D eigenvalue weighted by Gasteiger charge is -2.31. The van der Waals surface area contributed by atoms with E-state index < -0.39 is 6.04 Å². The molecule has 2 aromatic rings. The average molecular weight is 397 g/mol. The number of amides is 2. The van der Waals surface area contributed by atoms with E-state index in [0.717, 1.165) is 31.2 Å². The van der Waals surface area contributed by atoms with Gasteiger partial charge in [-0.15, -0.1) is 0 Å². The third-order valence-corrected chi connectivity index (χ3v) is 5.97. The molecule has 6 nitrogen and oxygen atoms in total. The third kappa shape index (κ3) is 5.92. The fourth-order valence-electron chi connectivity index (χ4n) is 4.11. The van der Waals surface area contributed by atoms with Gasteiger partial charge in [0.15, 0.2) is 0 Å². The molecule has 1 unspecified atom stereocenters. The number of aromatic nitrogens is 2. The molecule has 0 saturated heterocycles. The number of benzene rings is 1. The summed E-state index contributed by atoms with van der Waals surface area (Å²) < 4.78 is 1.63. The van der Waals surface area contributed by atoms with E-state index >= 15 is 0 Å². The molecule has 1 aromatic heterocycles. The maximum Gasteiger partial charge on any atom is 0.247 e. The first-order valence-corrected chi connectivity index (χ1v) is 10.6. The van der Waals surface area contributed by atoms with Crippen LogP contribution in [-0.2, 0) is 23.1 Å². The van der Waals surface area contributed by atoms with Crippen molar-refractivity contribution < 1.29 is 9.59 Å².